The van der Waals surface area contributed by atoms with Crippen LogP contribution in [0.2, 0.25) is 0 Å². The number of hydrogen-bond donors (Lipinski definition) is 1. The molecule has 7 nitrogen and oxygen atoms in total. The fourth-order valence-corrected chi connectivity index (χ4v) is 5.23. The summed E-state index contributed by atoms with van der Waals surface area (Å²) < 4.78 is 13.6. The number of benzene rings is 1. The fraction of sp³-hybridized carbons (Fsp3) is 0.700. The van der Waals surface area contributed by atoms with Gasteiger partial charge in [0.2, 0.25) is 0 Å². The monoisotopic (exact) mass is 516 g/mol. The van der Waals surface area contributed by atoms with E-state index >= 15 is 0 Å². The number of aromatic nitrogens is 2. The summed E-state index contributed by atoms with van der Waals surface area (Å²) in [7, 11) is 1.97. The van der Waals surface area contributed by atoms with E-state index in [0.717, 1.165) is 54.5 Å². The Morgan fingerprint density at radius 3 is 2.49 bits per heavy atom. The van der Waals surface area contributed by atoms with Gasteiger partial charge >= 0.3 is 0 Å². The lowest BCUT2D eigenvalue weighted by Crippen LogP contribution is -2.38. The van der Waals surface area contributed by atoms with E-state index in [1.807, 2.05) is 78.3 Å². The summed E-state index contributed by atoms with van der Waals surface area (Å²) in [6.45, 7) is 16.6. The molecule has 1 heterocycles. The van der Waals surface area contributed by atoms with E-state index in [4.69, 9.17) is 9.47 Å². The Bertz CT molecular complexity index is 1040. The van der Waals surface area contributed by atoms with Gasteiger partial charge in [-0.05, 0) is 63.6 Å². The van der Waals surface area contributed by atoms with Crippen LogP contribution >= 0.6 is 0 Å². The molecule has 0 amide bonds. The number of ketones is 1. The number of ether oxygens (including phenoxy) is 2. The van der Waals surface area contributed by atoms with Crippen molar-refractivity contribution in [3.63, 3.8) is 0 Å². The molecule has 2 aromatic rings. The van der Waals surface area contributed by atoms with Gasteiger partial charge in [0.1, 0.15) is 17.7 Å². The molecule has 0 saturated heterocycles. The van der Waals surface area contributed by atoms with Gasteiger partial charge in [0, 0.05) is 18.4 Å². The molecule has 1 N–H and O–H groups in total. The minimum absolute atomic E-state index is 0.00637. The van der Waals surface area contributed by atoms with Crippen molar-refractivity contribution in [1.29, 1.82) is 0 Å². The predicted octanol–water partition coefficient (Wildman–Crippen LogP) is 6.09. The summed E-state index contributed by atoms with van der Waals surface area (Å²) in [6, 6.07) is 5.88. The highest BCUT2D eigenvalue weighted by Crippen LogP contribution is 2.32. The first-order chi connectivity index (χ1) is 17.2. The third-order valence-corrected chi connectivity index (χ3v) is 7.83. The number of fused-ring (bicyclic) bond motifs is 1. The second-order valence-corrected chi connectivity index (χ2v) is 11.9. The Morgan fingerprint density at radius 1 is 1.19 bits per heavy atom. The summed E-state index contributed by atoms with van der Waals surface area (Å²) in [5.41, 5.74) is 1.87. The van der Waals surface area contributed by atoms with Gasteiger partial charge in [0.05, 0.1) is 29.3 Å². The van der Waals surface area contributed by atoms with Crippen molar-refractivity contribution in [1.82, 2.24) is 9.55 Å². The third-order valence-electron chi connectivity index (χ3n) is 7.83. The van der Waals surface area contributed by atoms with Gasteiger partial charge in [-0.3, -0.25) is 9.59 Å². The average Bonchev–Trinajstić information content (AvgIpc) is 3.12. The average molecular weight is 517 g/mol. The first kappa shape index (κ1) is 31.0. The van der Waals surface area contributed by atoms with Crippen molar-refractivity contribution < 1.29 is 24.2 Å². The quantitative estimate of drug-likeness (QED) is 0.272. The SMILES string of the molecule is CCCC(C)(C)C(=O)[C@H](C)C(O)[C@@H](C)CCCC(C)(C)OCC(OC=O)c1ccc2c(c1)nc(C)n2C. The molecule has 0 bridgehead atoms. The topological polar surface area (TPSA) is 90.7 Å². The lowest BCUT2D eigenvalue weighted by molar-refractivity contribution is -0.141. The van der Waals surface area contributed by atoms with E-state index in [1.165, 1.54) is 0 Å². The Labute approximate surface area is 222 Å². The molecule has 1 aromatic heterocycles. The number of Topliss-reactive ketones (excluding diaryl/α,β-unsaturated/α-hetero) is 1. The van der Waals surface area contributed by atoms with Crippen molar-refractivity contribution in [3.8, 4) is 0 Å². The van der Waals surface area contributed by atoms with Crippen LogP contribution in [0.25, 0.3) is 11.0 Å². The summed E-state index contributed by atoms with van der Waals surface area (Å²) >= 11 is 0. The van der Waals surface area contributed by atoms with Gasteiger partial charge in [-0.1, -0.05) is 53.5 Å². The maximum absolute atomic E-state index is 12.9. The van der Waals surface area contributed by atoms with Crippen molar-refractivity contribution >= 4 is 23.3 Å². The van der Waals surface area contributed by atoms with Gasteiger partial charge in [-0.15, -0.1) is 0 Å². The number of hydrogen-bond acceptors (Lipinski definition) is 6. The molecule has 0 saturated carbocycles. The molecule has 7 heteroatoms. The number of imidazole rings is 1. The van der Waals surface area contributed by atoms with Crippen molar-refractivity contribution in [2.24, 2.45) is 24.3 Å². The number of carbonyl (C=O) groups is 2. The van der Waals surface area contributed by atoms with Gasteiger partial charge in [0.25, 0.3) is 6.47 Å². The Morgan fingerprint density at radius 2 is 1.86 bits per heavy atom. The number of aliphatic hydroxyl groups is 1. The first-order valence-corrected chi connectivity index (χ1v) is 13.6. The Hall–Kier alpha value is -2.25. The molecule has 2 unspecified atom stereocenters. The molecule has 0 aliphatic heterocycles. The number of rotatable bonds is 16. The maximum atomic E-state index is 12.9. The van der Waals surface area contributed by atoms with Crippen molar-refractivity contribution in [3.05, 3.63) is 29.6 Å². The minimum Gasteiger partial charge on any atom is -0.457 e. The summed E-state index contributed by atoms with van der Waals surface area (Å²) in [6.07, 6.45) is 3.01. The van der Waals surface area contributed by atoms with Crippen molar-refractivity contribution in [2.45, 2.75) is 105 Å². The molecule has 0 aliphatic rings. The molecule has 208 valence electrons. The maximum Gasteiger partial charge on any atom is 0.293 e. The molecule has 0 fully saturated rings. The molecule has 2 rings (SSSR count). The zero-order valence-corrected chi connectivity index (χ0v) is 24.3. The lowest BCUT2D eigenvalue weighted by Gasteiger charge is -2.32. The van der Waals surface area contributed by atoms with Crippen LogP contribution in [0.5, 0.6) is 0 Å². The molecule has 0 spiro atoms. The van der Waals surface area contributed by atoms with Crippen molar-refractivity contribution in [2.75, 3.05) is 6.61 Å². The zero-order chi connectivity index (χ0) is 28.0. The molecule has 4 atom stereocenters. The van der Waals surface area contributed by atoms with E-state index in [-0.39, 0.29) is 24.2 Å². The smallest absolute Gasteiger partial charge is 0.293 e. The summed E-state index contributed by atoms with van der Waals surface area (Å²) in [5, 5.41) is 10.9. The zero-order valence-electron chi connectivity index (χ0n) is 24.3. The summed E-state index contributed by atoms with van der Waals surface area (Å²) in [5.74, 6) is 0.673. The third kappa shape index (κ3) is 8.11. The number of aryl methyl sites for hydroxylation is 2. The highest BCUT2D eigenvalue weighted by atomic mass is 16.6. The fourth-order valence-electron chi connectivity index (χ4n) is 5.23. The number of nitrogens with zero attached hydrogens (tertiary/aromatic N) is 2. The van der Waals surface area contributed by atoms with Crippen LogP contribution in [0.1, 0.15) is 98.1 Å². The van der Waals surface area contributed by atoms with Gasteiger partial charge in [0.15, 0.2) is 0 Å². The second-order valence-electron chi connectivity index (χ2n) is 11.9. The molecular formula is C30H48N2O5. The van der Waals surface area contributed by atoms with E-state index in [0.29, 0.717) is 6.47 Å². The largest absolute Gasteiger partial charge is 0.457 e. The van der Waals surface area contributed by atoms with Gasteiger partial charge in [-0.25, -0.2) is 4.98 Å². The number of aliphatic hydroxyl groups excluding tert-OH is 1. The minimum atomic E-state index is -0.664. The standard InChI is InChI=1S/C30H48N2O5/c1-10-15-29(5,6)28(35)21(3)27(34)20(2)12-11-16-30(7,8)37-18-26(36-19-33)23-13-14-25-24(17-23)31-22(4)32(25)9/h13-14,17,19-21,26-27,34H,10-12,15-16,18H2,1-9H3/t20-,21+,26?,27?/m0/s1. The molecular weight excluding hydrogens is 468 g/mol. The molecule has 37 heavy (non-hydrogen) atoms. The molecule has 1 aromatic carbocycles. The van der Waals surface area contributed by atoms with E-state index < -0.39 is 23.2 Å². The van der Waals surface area contributed by atoms with Crippen LogP contribution in [0.15, 0.2) is 18.2 Å². The highest BCUT2D eigenvalue weighted by Gasteiger charge is 2.36. The lowest BCUT2D eigenvalue weighted by atomic mass is 9.74. The molecule has 0 radical (unpaired) electrons. The van der Waals surface area contributed by atoms with Crippen LogP contribution in [-0.2, 0) is 26.1 Å². The Kier molecular flexibility index (Phi) is 10.9. The Balaban J connectivity index is 1.92. The van der Waals surface area contributed by atoms with E-state index in [9.17, 15) is 14.7 Å². The number of carbonyl (C=O) groups excluding carboxylic acids is 2. The van der Waals surface area contributed by atoms with Crippen LogP contribution in [-0.4, -0.2) is 45.2 Å². The van der Waals surface area contributed by atoms with E-state index in [2.05, 4.69) is 11.9 Å². The van der Waals surface area contributed by atoms with Crippen LogP contribution < -0.4 is 0 Å². The van der Waals surface area contributed by atoms with Crippen LogP contribution in [0.4, 0.5) is 0 Å². The van der Waals surface area contributed by atoms with Crippen LogP contribution in [0, 0.1) is 24.2 Å². The summed E-state index contributed by atoms with van der Waals surface area (Å²) in [4.78, 5) is 28.7. The normalized spacial score (nSPS) is 15.8. The van der Waals surface area contributed by atoms with Gasteiger partial charge < -0.3 is 19.1 Å². The van der Waals surface area contributed by atoms with E-state index in [1.54, 1.807) is 0 Å². The predicted molar refractivity (Wildman–Crippen MR) is 147 cm³/mol. The van der Waals surface area contributed by atoms with Crippen LogP contribution in [0.3, 0.4) is 0 Å². The van der Waals surface area contributed by atoms with Gasteiger partial charge in [-0.2, -0.15) is 0 Å². The highest BCUT2D eigenvalue weighted by molar-refractivity contribution is 5.86. The second kappa shape index (κ2) is 13.0. The first-order valence-electron chi connectivity index (χ1n) is 13.6. The molecule has 0 aliphatic carbocycles.